The highest BCUT2D eigenvalue weighted by Gasteiger charge is 2.18. The Labute approximate surface area is 358 Å². The number of nitrogens with one attached hydrogen (secondary N) is 2. The Kier molecular flexibility index (Phi) is 40.2. The second-order valence-corrected chi connectivity index (χ2v) is 14.8. The monoisotopic (exact) mass is 821 g/mol. The summed E-state index contributed by atoms with van der Waals surface area (Å²) in [7, 11) is 0. The molecule has 0 rings (SSSR count). The first-order valence-corrected chi connectivity index (χ1v) is 22.6. The van der Waals surface area contributed by atoms with Gasteiger partial charge in [0.2, 0.25) is 11.8 Å². The van der Waals surface area contributed by atoms with Gasteiger partial charge in [-0.2, -0.15) is 0 Å². The van der Waals surface area contributed by atoms with Crippen LogP contribution in [0.2, 0.25) is 0 Å². The van der Waals surface area contributed by atoms with Gasteiger partial charge in [-0.3, -0.25) is 14.4 Å². The molecule has 0 spiro atoms. The van der Waals surface area contributed by atoms with Gasteiger partial charge in [-0.25, -0.2) is 4.79 Å². The summed E-state index contributed by atoms with van der Waals surface area (Å²) in [5.41, 5.74) is 0. The Morgan fingerprint density at radius 1 is 0.542 bits per heavy atom. The highest BCUT2D eigenvalue weighted by atomic mass is 16.5. The molecule has 0 aromatic rings. The zero-order valence-corrected chi connectivity index (χ0v) is 36.7. The maximum Gasteiger partial charge on any atom is 0.328 e. The number of allylic oxidation sites excluding steroid dienone is 15. The van der Waals surface area contributed by atoms with E-state index in [9.17, 15) is 19.2 Å². The molecule has 0 aromatic heterocycles. The van der Waals surface area contributed by atoms with Crippen LogP contribution in [0.25, 0.3) is 0 Å². The molecule has 0 saturated heterocycles. The largest absolute Gasteiger partial charge is 0.480 e. The van der Waals surface area contributed by atoms with Crippen LogP contribution in [0.15, 0.2) is 97.2 Å². The minimum atomic E-state index is -1.39. The van der Waals surface area contributed by atoms with E-state index in [0.29, 0.717) is 12.8 Å². The van der Waals surface area contributed by atoms with Gasteiger partial charge in [0.15, 0.2) is 0 Å². The van der Waals surface area contributed by atoms with Gasteiger partial charge >= 0.3 is 11.9 Å². The van der Waals surface area contributed by atoms with Crippen molar-refractivity contribution in [2.24, 2.45) is 0 Å². The predicted octanol–water partition coefficient (Wildman–Crippen LogP) is 11.4. The normalized spacial score (nSPS) is 13.4. The minimum Gasteiger partial charge on any atom is -0.480 e. The van der Waals surface area contributed by atoms with E-state index in [1.807, 2.05) is 6.08 Å². The summed E-state index contributed by atoms with van der Waals surface area (Å²) in [5, 5.41) is 22.5. The first-order valence-electron chi connectivity index (χ1n) is 22.6. The summed E-state index contributed by atoms with van der Waals surface area (Å²) in [6, 6.07) is -1.39. The maximum absolute atomic E-state index is 12.7. The van der Waals surface area contributed by atoms with Crippen molar-refractivity contribution in [2.75, 3.05) is 13.2 Å². The molecule has 0 bridgehead atoms. The van der Waals surface area contributed by atoms with Crippen LogP contribution < -0.4 is 10.6 Å². The zero-order valence-electron chi connectivity index (χ0n) is 36.7. The molecule has 0 aromatic carbocycles. The summed E-state index contributed by atoms with van der Waals surface area (Å²) in [6.45, 7) is 3.32. The van der Waals surface area contributed by atoms with Crippen molar-refractivity contribution in [3.63, 3.8) is 0 Å². The zero-order chi connectivity index (χ0) is 43.3. The first kappa shape index (κ1) is 54.8. The maximum atomic E-state index is 12.7. The van der Waals surface area contributed by atoms with E-state index in [0.717, 1.165) is 109 Å². The minimum absolute atomic E-state index is 0.139. The van der Waals surface area contributed by atoms with E-state index in [1.54, 1.807) is 0 Å². The Hall–Kier alpha value is -4.24. The second kappa shape index (κ2) is 43.3. The third-order valence-electron chi connectivity index (χ3n) is 9.30. The summed E-state index contributed by atoms with van der Waals surface area (Å²) in [4.78, 5) is 47.5. The molecule has 4 N–H and O–H groups in total. The molecular formula is C50H80N2O7. The van der Waals surface area contributed by atoms with Gasteiger partial charge in [-0.15, -0.1) is 0 Å². The third kappa shape index (κ3) is 40.3. The van der Waals surface area contributed by atoms with Crippen molar-refractivity contribution in [3.8, 4) is 0 Å². The molecule has 0 radical (unpaired) electrons. The number of carboxylic acid groups (broad SMARTS) is 1. The quantitative estimate of drug-likeness (QED) is 0.0275. The van der Waals surface area contributed by atoms with Crippen LogP contribution in [0.4, 0.5) is 0 Å². The fourth-order valence-corrected chi connectivity index (χ4v) is 5.84. The molecule has 0 saturated carbocycles. The average Bonchev–Trinajstić information content (AvgIpc) is 3.22. The van der Waals surface area contributed by atoms with Crippen molar-refractivity contribution < 1.29 is 34.1 Å². The SMILES string of the molecule is CC/C=C\C/C=C\C/C=C\C/C=C\C/C=C\C/C=C\CCCCC(=O)OC(/C=C\C/C=C\CCCCCC)CCCCCCCCC(=O)NCC(=O)NC(CO)C(=O)O. The second-order valence-electron chi connectivity index (χ2n) is 14.8. The Balaban J connectivity index is 4.37. The lowest BCUT2D eigenvalue weighted by atomic mass is 10.1. The van der Waals surface area contributed by atoms with Gasteiger partial charge in [0.1, 0.15) is 12.1 Å². The van der Waals surface area contributed by atoms with Gasteiger partial charge in [0.05, 0.1) is 13.2 Å². The highest BCUT2D eigenvalue weighted by Crippen LogP contribution is 2.14. The van der Waals surface area contributed by atoms with Crippen LogP contribution in [0.5, 0.6) is 0 Å². The standard InChI is InChI=1S/C50H80N2O7/c1-3-5-7-9-11-13-14-15-16-17-18-19-20-21-22-23-24-26-28-34-38-42-49(56)59-45(39-35-31-27-25-12-10-8-6-4-2)40-36-32-29-30-33-37-41-47(54)51-43-48(55)52-46(44-53)50(57)58/h5,7,11,13,15-16,18-19,21-22,24-27,35,39,45-46,53H,3-4,6,8-10,12,14,17,20,23,28-34,36-38,40-44H2,1-2H3,(H,51,54)(H,52,55)(H,57,58)/b7-5-,13-11-,16-15-,19-18-,22-21-,26-24-,27-25-,39-35-. The van der Waals surface area contributed by atoms with Crippen LogP contribution in [-0.2, 0) is 23.9 Å². The van der Waals surface area contributed by atoms with Crippen LogP contribution >= 0.6 is 0 Å². The van der Waals surface area contributed by atoms with Gasteiger partial charge in [-0.05, 0) is 102 Å². The fourth-order valence-electron chi connectivity index (χ4n) is 5.84. The van der Waals surface area contributed by atoms with E-state index in [4.69, 9.17) is 14.9 Å². The summed E-state index contributed by atoms with van der Waals surface area (Å²) in [6.07, 6.45) is 57.4. The molecule has 0 aliphatic carbocycles. The lowest BCUT2D eigenvalue weighted by Crippen LogP contribution is -2.47. The number of ether oxygens (including phenoxy) is 1. The number of aliphatic hydroxyl groups is 1. The topological polar surface area (TPSA) is 142 Å². The van der Waals surface area contributed by atoms with Gasteiger partial charge in [0, 0.05) is 12.8 Å². The highest BCUT2D eigenvalue weighted by molar-refractivity contribution is 5.87. The number of hydrogen-bond acceptors (Lipinski definition) is 6. The van der Waals surface area contributed by atoms with Crippen molar-refractivity contribution >= 4 is 23.8 Å². The number of esters is 1. The number of carbonyl (C=O) groups excluding carboxylic acids is 3. The number of rotatable bonds is 39. The van der Waals surface area contributed by atoms with Gasteiger partial charge in [-0.1, -0.05) is 150 Å². The lowest BCUT2D eigenvalue weighted by molar-refractivity contribution is -0.147. The van der Waals surface area contributed by atoms with E-state index in [2.05, 4.69) is 116 Å². The lowest BCUT2D eigenvalue weighted by Gasteiger charge is -2.14. The average molecular weight is 821 g/mol. The molecule has 0 fully saturated rings. The molecule has 59 heavy (non-hydrogen) atoms. The van der Waals surface area contributed by atoms with E-state index in [1.165, 1.54) is 25.7 Å². The predicted molar refractivity (Wildman–Crippen MR) is 245 cm³/mol. The fraction of sp³-hybridized carbons (Fsp3) is 0.600. The molecule has 2 unspecified atom stereocenters. The van der Waals surface area contributed by atoms with Crippen LogP contribution in [0.1, 0.15) is 168 Å². The molecule has 2 atom stereocenters. The number of hydrogen-bond donors (Lipinski definition) is 4. The number of unbranched alkanes of at least 4 members (excludes halogenated alkanes) is 11. The smallest absolute Gasteiger partial charge is 0.328 e. The van der Waals surface area contributed by atoms with E-state index >= 15 is 0 Å². The molecule has 332 valence electrons. The number of carbonyl (C=O) groups is 4. The molecule has 0 aliphatic heterocycles. The van der Waals surface area contributed by atoms with Crippen LogP contribution in [0, 0.1) is 0 Å². The molecule has 0 heterocycles. The molecule has 0 aliphatic rings. The van der Waals surface area contributed by atoms with E-state index in [-0.39, 0.29) is 30.9 Å². The number of amides is 2. The molecule has 9 nitrogen and oxygen atoms in total. The Bertz CT molecular complexity index is 1310. The van der Waals surface area contributed by atoms with Gasteiger partial charge in [0.25, 0.3) is 0 Å². The van der Waals surface area contributed by atoms with Crippen LogP contribution in [0.3, 0.4) is 0 Å². The summed E-state index contributed by atoms with van der Waals surface area (Å²) < 4.78 is 5.91. The summed E-state index contributed by atoms with van der Waals surface area (Å²) >= 11 is 0. The van der Waals surface area contributed by atoms with Gasteiger partial charge < -0.3 is 25.6 Å². The molecular weight excluding hydrogens is 741 g/mol. The molecule has 9 heteroatoms. The Morgan fingerprint density at radius 2 is 1.02 bits per heavy atom. The number of aliphatic hydroxyl groups excluding tert-OH is 1. The molecule has 2 amide bonds. The van der Waals surface area contributed by atoms with Crippen molar-refractivity contribution in [1.82, 2.24) is 10.6 Å². The number of aliphatic carboxylic acids is 1. The van der Waals surface area contributed by atoms with Crippen molar-refractivity contribution in [2.45, 2.75) is 180 Å². The van der Waals surface area contributed by atoms with E-state index < -0.39 is 24.5 Å². The number of carboxylic acids is 1. The van der Waals surface area contributed by atoms with Crippen molar-refractivity contribution in [1.29, 1.82) is 0 Å². The first-order chi connectivity index (χ1) is 28.8. The van der Waals surface area contributed by atoms with Crippen molar-refractivity contribution in [3.05, 3.63) is 97.2 Å². The van der Waals surface area contributed by atoms with Crippen LogP contribution in [-0.4, -0.2) is 59.3 Å². The Morgan fingerprint density at radius 3 is 1.56 bits per heavy atom. The third-order valence-corrected chi connectivity index (χ3v) is 9.30. The summed E-state index contributed by atoms with van der Waals surface area (Å²) in [5.74, 6) is -2.41.